The van der Waals surface area contributed by atoms with Crippen molar-refractivity contribution in [2.75, 3.05) is 0 Å². The first-order valence-corrected chi connectivity index (χ1v) is 7.24. The fraction of sp³-hybridized carbons (Fsp3) is 0.133. The molecule has 0 aliphatic heterocycles. The lowest BCUT2D eigenvalue weighted by atomic mass is 10.1. The van der Waals surface area contributed by atoms with Crippen LogP contribution < -0.4 is 0 Å². The van der Waals surface area contributed by atoms with Crippen molar-refractivity contribution in [3.8, 4) is 0 Å². The van der Waals surface area contributed by atoms with Gasteiger partial charge in [0.15, 0.2) is 0 Å². The molecular formula is C15H13ClN2S. The maximum atomic E-state index is 6.05. The molecule has 0 radical (unpaired) electrons. The minimum Gasteiger partial charge on any atom is -0.334 e. The monoisotopic (exact) mass is 288 g/mol. The topological polar surface area (TPSA) is 17.8 Å². The molecule has 19 heavy (non-hydrogen) atoms. The Labute approximate surface area is 121 Å². The van der Waals surface area contributed by atoms with E-state index in [1.54, 1.807) is 17.5 Å². The standard InChI is InChI=1S/C15H13ClN2S/c1-11-13-9-12(16)4-5-15(13)19-14(11)3-2-7-18-8-6-17-10-18/h2-6,8-10H,7H2,1H3. The molecule has 0 spiro atoms. The van der Waals surface area contributed by atoms with Crippen molar-refractivity contribution in [1.82, 2.24) is 9.55 Å². The van der Waals surface area contributed by atoms with E-state index >= 15 is 0 Å². The summed E-state index contributed by atoms with van der Waals surface area (Å²) in [5, 5.41) is 2.04. The smallest absolute Gasteiger partial charge is 0.0948 e. The van der Waals surface area contributed by atoms with Gasteiger partial charge in [0, 0.05) is 33.5 Å². The van der Waals surface area contributed by atoms with E-state index in [4.69, 9.17) is 11.6 Å². The third-order valence-corrected chi connectivity index (χ3v) is 4.55. The van der Waals surface area contributed by atoms with Gasteiger partial charge in [-0.1, -0.05) is 17.7 Å². The van der Waals surface area contributed by atoms with E-state index in [0.717, 1.165) is 11.6 Å². The van der Waals surface area contributed by atoms with Crippen molar-refractivity contribution >= 4 is 39.1 Å². The van der Waals surface area contributed by atoms with Crippen molar-refractivity contribution in [3.63, 3.8) is 0 Å². The molecule has 0 bridgehead atoms. The number of thiophene rings is 1. The molecule has 2 aromatic heterocycles. The molecule has 0 amide bonds. The number of aromatic nitrogens is 2. The number of imidazole rings is 1. The molecule has 2 nitrogen and oxygen atoms in total. The largest absolute Gasteiger partial charge is 0.334 e. The van der Waals surface area contributed by atoms with Gasteiger partial charge in [0.05, 0.1) is 6.33 Å². The van der Waals surface area contributed by atoms with Crippen molar-refractivity contribution in [1.29, 1.82) is 0 Å². The zero-order chi connectivity index (χ0) is 13.2. The number of aryl methyl sites for hydroxylation is 1. The van der Waals surface area contributed by atoms with Gasteiger partial charge in [-0.25, -0.2) is 4.98 Å². The van der Waals surface area contributed by atoms with Gasteiger partial charge in [0.25, 0.3) is 0 Å². The predicted molar refractivity (Wildman–Crippen MR) is 82.8 cm³/mol. The molecule has 0 fully saturated rings. The highest BCUT2D eigenvalue weighted by molar-refractivity contribution is 7.20. The fourth-order valence-corrected chi connectivity index (χ4v) is 3.34. The maximum absolute atomic E-state index is 6.05. The van der Waals surface area contributed by atoms with Crippen LogP contribution in [0.25, 0.3) is 16.2 Å². The maximum Gasteiger partial charge on any atom is 0.0948 e. The van der Waals surface area contributed by atoms with Gasteiger partial charge in [-0.2, -0.15) is 0 Å². The number of hydrogen-bond donors (Lipinski definition) is 0. The second-order valence-electron chi connectivity index (χ2n) is 4.39. The molecule has 0 atom stereocenters. The summed E-state index contributed by atoms with van der Waals surface area (Å²) in [4.78, 5) is 5.32. The van der Waals surface area contributed by atoms with Crippen LogP contribution in [-0.2, 0) is 6.54 Å². The Morgan fingerprint density at radius 3 is 3.11 bits per heavy atom. The average molecular weight is 289 g/mol. The highest BCUT2D eigenvalue weighted by atomic mass is 35.5. The van der Waals surface area contributed by atoms with Crippen LogP contribution in [0, 0.1) is 6.92 Å². The van der Waals surface area contributed by atoms with E-state index < -0.39 is 0 Å². The molecule has 3 rings (SSSR count). The van der Waals surface area contributed by atoms with Crippen molar-refractivity contribution in [2.45, 2.75) is 13.5 Å². The minimum atomic E-state index is 0.794. The van der Waals surface area contributed by atoms with Gasteiger partial charge in [0.2, 0.25) is 0 Å². The quantitative estimate of drug-likeness (QED) is 0.678. The number of fused-ring (bicyclic) bond motifs is 1. The second-order valence-corrected chi connectivity index (χ2v) is 5.91. The number of halogens is 1. The molecule has 96 valence electrons. The molecular weight excluding hydrogens is 276 g/mol. The lowest BCUT2D eigenvalue weighted by molar-refractivity contribution is 0.823. The van der Waals surface area contributed by atoms with Crippen LogP contribution in [0.1, 0.15) is 10.4 Å². The Balaban J connectivity index is 1.88. The Hall–Kier alpha value is -1.58. The first kappa shape index (κ1) is 12.5. The van der Waals surface area contributed by atoms with Gasteiger partial charge < -0.3 is 4.57 Å². The van der Waals surface area contributed by atoms with Crippen LogP contribution >= 0.6 is 22.9 Å². The molecule has 0 unspecified atom stereocenters. The molecule has 0 saturated heterocycles. The number of hydrogen-bond acceptors (Lipinski definition) is 2. The van der Waals surface area contributed by atoms with E-state index in [0.29, 0.717) is 0 Å². The summed E-state index contributed by atoms with van der Waals surface area (Å²) in [5.74, 6) is 0. The zero-order valence-corrected chi connectivity index (χ0v) is 12.1. The minimum absolute atomic E-state index is 0.794. The van der Waals surface area contributed by atoms with E-state index in [1.807, 2.05) is 29.2 Å². The van der Waals surface area contributed by atoms with E-state index in [1.165, 1.54) is 20.5 Å². The second kappa shape index (κ2) is 5.19. The van der Waals surface area contributed by atoms with Gasteiger partial charge in [-0.05, 0) is 42.1 Å². The van der Waals surface area contributed by atoms with Crippen molar-refractivity contribution in [2.24, 2.45) is 0 Å². The molecule has 1 aromatic carbocycles. The highest BCUT2D eigenvalue weighted by Crippen LogP contribution is 2.33. The van der Waals surface area contributed by atoms with Crippen LogP contribution in [-0.4, -0.2) is 9.55 Å². The third-order valence-electron chi connectivity index (χ3n) is 3.08. The lowest BCUT2D eigenvalue weighted by Crippen LogP contribution is -1.88. The van der Waals surface area contributed by atoms with Gasteiger partial charge in [0.1, 0.15) is 0 Å². The Morgan fingerprint density at radius 2 is 2.32 bits per heavy atom. The number of nitrogens with zero attached hydrogens (tertiary/aromatic N) is 2. The van der Waals surface area contributed by atoms with E-state index in [2.05, 4.69) is 30.1 Å². The SMILES string of the molecule is Cc1c(C=CCn2ccnc2)sc2ccc(Cl)cc12. The third kappa shape index (κ3) is 2.57. The number of rotatable bonds is 3. The van der Waals surface area contributed by atoms with E-state index in [9.17, 15) is 0 Å². The predicted octanol–water partition coefficient (Wildman–Crippen LogP) is 4.77. The Morgan fingerprint density at radius 1 is 1.42 bits per heavy atom. The van der Waals surface area contributed by atoms with Gasteiger partial charge in [-0.3, -0.25) is 0 Å². The Bertz CT molecular complexity index is 726. The molecule has 0 aliphatic carbocycles. The molecule has 0 aliphatic rings. The number of allylic oxidation sites excluding steroid dienone is 1. The molecule has 2 heterocycles. The van der Waals surface area contributed by atoms with Crippen molar-refractivity contribution < 1.29 is 0 Å². The molecule has 0 N–H and O–H groups in total. The Kier molecular flexibility index (Phi) is 3.40. The summed E-state index contributed by atoms with van der Waals surface area (Å²) in [6.07, 6.45) is 9.90. The summed E-state index contributed by atoms with van der Waals surface area (Å²) in [5.41, 5.74) is 1.30. The molecule has 0 saturated carbocycles. The van der Waals surface area contributed by atoms with Crippen LogP contribution in [0.4, 0.5) is 0 Å². The fourth-order valence-electron chi connectivity index (χ4n) is 2.05. The van der Waals surface area contributed by atoms with Crippen molar-refractivity contribution in [3.05, 3.63) is 58.5 Å². The first-order valence-electron chi connectivity index (χ1n) is 6.05. The normalized spacial score (nSPS) is 11.7. The lowest BCUT2D eigenvalue weighted by Gasteiger charge is -1.95. The van der Waals surface area contributed by atoms with Crippen LogP contribution in [0.2, 0.25) is 5.02 Å². The van der Waals surface area contributed by atoms with Gasteiger partial charge >= 0.3 is 0 Å². The summed E-state index contributed by atoms with van der Waals surface area (Å²) in [6, 6.07) is 6.07. The average Bonchev–Trinajstić information content (AvgIpc) is 3.00. The van der Waals surface area contributed by atoms with Gasteiger partial charge in [-0.15, -0.1) is 11.3 Å². The van der Waals surface area contributed by atoms with Crippen LogP contribution in [0.15, 0.2) is 43.0 Å². The number of benzene rings is 1. The molecule has 4 heteroatoms. The van der Waals surface area contributed by atoms with E-state index in [-0.39, 0.29) is 0 Å². The zero-order valence-electron chi connectivity index (χ0n) is 10.5. The van der Waals surface area contributed by atoms with Crippen LogP contribution in [0.3, 0.4) is 0 Å². The summed E-state index contributed by atoms with van der Waals surface area (Å²) in [6.45, 7) is 2.99. The summed E-state index contributed by atoms with van der Waals surface area (Å²) >= 11 is 7.85. The first-order chi connectivity index (χ1) is 9.24. The summed E-state index contributed by atoms with van der Waals surface area (Å²) in [7, 11) is 0. The summed E-state index contributed by atoms with van der Waals surface area (Å²) < 4.78 is 3.32. The molecule has 3 aromatic rings. The van der Waals surface area contributed by atoms with Crippen LogP contribution in [0.5, 0.6) is 0 Å². The highest BCUT2D eigenvalue weighted by Gasteiger charge is 2.06.